The number of fused-ring (bicyclic) bond motifs is 3. The van der Waals surface area contributed by atoms with Crippen LogP contribution in [0, 0.1) is 0 Å². The van der Waals surface area contributed by atoms with Gasteiger partial charge in [0.05, 0.1) is 25.8 Å². The molecule has 0 bridgehead atoms. The number of aromatic nitrogens is 2. The number of hydrogen-bond donors (Lipinski definition) is 1. The first-order valence-electron chi connectivity index (χ1n) is 8.57. The van der Waals surface area contributed by atoms with Gasteiger partial charge in [-0.05, 0) is 43.4 Å². The number of methoxy groups -OCH3 is 2. The Kier molecular flexibility index (Phi) is 4.71. The molecule has 1 aliphatic carbocycles. The Morgan fingerprint density at radius 2 is 2.04 bits per heavy atom. The minimum atomic E-state index is 0.654. The number of hydrogen-bond acceptors (Lipinski definition) is 7. The van der Waals surface area contributed by atoms with Crippen molar-refractivity contribution >= 4 is 33.6 Å². The van der Waals surface area contributed by atoms with Crippen molar-refractivity contribution in [1.29, 1.82) is 0 Å². The molecule has 26 heavy (non-hydrogen) atoms. The molecule has 0 aliphatic heterocycles. The Hall–Kier alpha value is -2.67. The van der Waals surface area contributed by atoms with Gasteiger partial charge < -0.3 is 9.47 Å². The molecule has 0 amide bonds. The summed E-state index contributed by atoms with van der Waals surface area (Å²) in [6, 6.07) is 5.69. The molecule has 4 rings (SSSR count). The van der Waals surface area contributed by atoms with E-state index in [9.17, 15) is 0 Å². The van der Waals surface area contributed by atoms with Crippen molar-refractivity contribution in [2.45, 2.75) is 25.7 Å². The van der Waals surface area contributed by atoms with Crippen LogP contribution in [0.4, 0.5) is 5.82 Å². The van der Waals surface area contributed by atoms with E-state index in [0.29, 0.717) is 11.5 Å². The van der Waals surface area contributed by atoms with Crippen molar-refractivity contribution in [2.75, 3.05) is 19.6 Å². The number of thiophene rings is 1. The molecule has 1 aromatic carbocycles. The number of nitrogens with one attached hydrogen (secondary N) is 1. The van der Waals surface area contributed by atoms with Gasteiger partial charge in [-0.3, -0.25) is 5.43 Å². The summed E-state index contributed by atoms with van der Waals surface area (Å²) in [5.41, 5.74) is 5.30. The molecule has 0 radical (unpaired) electrons. The highest BCUT2D eigenvalue weighted by Gasteiger charge is 2.19. The van der Waals surface area contributed by atoms with Gasteiger partial charge in [0.15, 0.2) is 17.3 Å². The quantitative estimate of drug-likeness (QED) is 0.544. The largest absolute Gasteiger partial charge is 0.493 e. The van der Waals surface area contributed by atoms with Gasteiger partial charge in [0.2, 0.25) is 0 Å². The van der Waals surface area contributed by atoms with Crippen LogP contribution < -0.4 is 14.9 Å². The van der Waals surface area contributed by atoms with Gasteiger partial charge in [0, 0.05) is 10.4 Å². The Morgan fingerprint density at radius 3 is 2.88 bits per heavy atom. The van der Waals surface area contributed by atoms with E-state index in [1.165, 1.54) is 23.3 Å². The molecule has 7 heteroatoms. The van der Waals surface area contributed by atoms with Crippen LogP contribution in [0.2, 0.25) is 0 Å². The summed E-state index contributed by atoms with van der Waals surface area (Å²) in [6.45, 7) is 0. The van der Waals surface area contributed by atoms with Gasteiger partial charge in [-0.1, -0.05) is 6.07 Å². The summed E-state index contributed by atoms with van der Waals surface area (Å²) in [5.74, 6) is 2.08. The van der Waals surface area contributed by atoms with E-state index in [-0.39, 0.29) is 0 Å². The molecule has 0 saturated heterocycles. The highest BCUT2D eigenvalue weighted by Crippen LogP contribution is 2.38. The Morgan fingerprint density at radius 1 is 1.15 bits per heavy atom. The number of aryl methyl sites for hydroxylation is 2. The smallest absolute Gasteiger partial charge is 0.169 e. The Balaban J connectivity index is 1.65. The molecule has 2 aromatic heterocycles. The van der Waals surface area contributed by atoms with Gasteiger partial charge in [-0.15, -0.1) is 11.3 Å². The zero-order valence-electron chi connectivity index (χ0n) is 14.8. The second-order valence-electron chi connectivity index (χ2n) is 6.07. The molecule has 1 aliphatic rings. The molecule has 6 nitrogen and oxygen atoms in total. The number of rotatable bonds is 5. The van der Waals surface area contributed by atoms with Gasteiger partial charge in [-0.2, -0.15) is 5.10 Å². The number of benzene rings is 1. The third-order valence-corrected chi connectivity index (χ3v) is 5.76. The first-order chi connectivity index (χ1) is 12.8. The molecule has 1 N–H and O–H groups in total. The molecule has 0 unspecified atom stereocenters. The zero-order valence-corrected chi connectivity index (χ0v) is 15.6. The van der Waals surface area contributed by atoms with Crippen molar-refractivity contribution < 1.29 is 9.47 Å². The highest BCUT2D eigenvalue weighted by molar-refractivity contribution is 7.19. The van der Waals surface area contributed by atoms with Gasteiger partial charge >= 0.3 is 0 Å². The minimum Gasteiger partial charge on any atom is -0.493 e. The average molecular weight is 368 g/mol. The van der Waals surface area contributed by atoms with Crippen molar-refractivity contribution in [1.82, 2.24) is 9.97 Å². The van der Waals surface area contributed by atoms with Crippen LogP contribution in [0.5, 0.6) is 11.5 Å². The monoisotopic (exact) mass is 368 g/mol. The van der Waals surface area contributed by atoms with Gasteiger partial charge in [-0.25, -0.2) is 9.97 Å². The fourth-order valence-electron chi connectivity index (χ4n) is 3.35. The van der Waals surface area contributed by atoms with Crippen LogP contribution >= 0.6 is 11.3 Å². The number of anilines is 1. The van der Waals surface area contributed by atoms with Crippen LogP contribution in [-0.2, 0) is 12.8 Å². The molecule has 3 aromatic rings. The second-order valence-corrected chi connectivity index (χ2v) is 7.15. The number of nitrogens with zero attached hydrogens (tertiary/aromatic N) is 3. The van der Waals surface area contributed by atoms with E-state index < -0.39 is 0 Å². The Bertz CT molecular complexity index is 968. The first-order valence-corrected chi connectivity index (χ1v) is 9.38. The van der Waals surface area contributed by atoms with Crippen molar-refractivity contribution in [2.24, 2.45) is 5.10 Å². The zero-order chi connectivity index (χ0) is 17.9. The maximum atomic E-state index is 5.43. The van der Waals surface area contributed by atoms with Crippen LogP contribution in [-0.4, -0.2) is 30.4 Å². The molecule has 0 atom stereocenters. The molecular formula is C19H20N4O2S. The van der Waals surface area contributed by atoms with E-state index in [4.69, 9.17) is 9.47 Å². The number of para-hydroxylation sites is 1. The molecule has 2 heterocycles. The number of ether oxygens (including phenoxy) is 2. The van der Waals surface area contributed by atoms with Crippen LogP contribution in [0.25, 0.3) is 10.2 Å². The lowest BCUT2D eigenvalue weighted by atomic mass is 9.97. The topological polar surface area (TPSA) is 68.6 Å². The fraction of sp³-hybridized carbons (Fsp3) is 0.316. The molecule has 134 valence electrons. The van der Waals surface area contributed by atoms with Crippen molar-refractivity contribution in [3.8, 4) is 11.5 Å². The highest BCUT2D eigenvalue weighted by atomic mass is 32.1. The van der Waals surface area contributed by atoms with E-state index in [1.54, 1.807) is 38.1 Å². The molecule has 0 spiro atoms. The summed E-state index contributed by atoms with van der Waals surface area (Å²) < 4.78 is 10.8. The molecular weight excluding hydrogens is 348 g/mol. The van der Waals surface area contributed by atoms with Gasteiger partial charge in [0.25, 0.3) is 0 Å². The average Bonchev–Trinajstić information content (AvgIpc) is 3.07. The van der Waals surface area contributed by atoms with E-state index in [0.717, 1.165) is 34.4 Å². The van der Waals surface area contributed by atoms with E-state index in [1.807, 2.05) is 18.2 Å². The maximum Gasteiger partial charge on any atom is 0.169 e. The molecule has 0 fully saturated rings. The lowest BCUT2D eigenvalue weighted by Gasteiger charge is -2.11. The van der Waals surface area contributed by atoms with E-state index in [2.05, 4.69) is 20.5 Å². The van der Waals surface area contributed by atoms with Crippen molar-refractivity contribution in [3.05, 3.63) is 40.5 Å². The first kappa shape index (κ1) is 16.8. The summed E-state index contributed by atoms with van der Waals surface area (Å²) in [6.07, 6.45) is 8.01. The number of hydrazone groups is 1. The minimum absolute atomic E-state index is 0.654. The maximum absolute atomic E-state index is 5.43. The normalized spacial score (nSPS) is 13.8. The van der Waals surface area contributed by atoms with E-state index >= 15 is 0 Å². The SMILES string of the molecule is COc1cccc(/C=N/Nc2ncnc3sc4c(c23)CCCC4)c1OC. The van der Waals surface area contributed by atoms with Crippen LogP contribution in [0.1, 0.15) is 28.8 Å². The third kappa shape index (κ3) is 2.99. The standard InChI is InChI=1S/C19H20N4O2S/c1-24-14-8-5-6-12(17(14)25-2)10-22-23-18-16-13-7-3-4-9-15(13)26-19(16)21-11-20-18/h5-6,8,10-11H,3-4,7,9H2,1-2H3,(H,20,21,23)/b22-10+. The lowest BCUT2D eigenvalue weighted by molar-refractivity contribution is 0.354. The summed E-state index contributed by atoms with van der Waals surface area (Å²) in [4.78, 5) is 11.3. The lowest BCUT2D eigenvalue weighted by Crippen LogP contribution is -2.01. The van der Waals surface area contributed by atoms with Crippen LogP contribution in [0.3, 0.4) is 0 Å². The third-order valence-electron chi connectivity index (χ3n) is 4.56. The molecule has 0 saturated carbocycles. The van der Waals surface area contributed by atoms with Crippen LogP contribution in [0.15, 0.2) is 29.6 Å². The predicted octanol–water partition coefficient (Wildman–Crippen LogP) is 4.03. The summed E-state index contributed by atoms with van der Waals surface area (Å²) in [7, 11) is 3.24. The fourth-order valence-corrected chi connectivity index (χ4v) is 4.58. The summed E-state index contributed by atoms with van der Waals surface area (Å²) in [5, 5.41) is 5.49. The van der Waals surface area contributed by atoms with Crippen molar-refractivity contribution in [3.63, 3.8) is 0 Å². The van der Waals surface area contributed by atoms with Gasteiger partial charge in [0.1, 0.15) is 11.2 Å². The predicted molar refractivity (Wildman–Crippen MR) is 105 cm³/mol. The second kappa shape index (κ2) is 7.29. The summed E-state index contributed by atoms with van der Waals surface area (Å²) >= 11 is 1.78. The Labute approximate surface area is 155 Å².